The van der Waals surface area contributed by atoms with E-state index in [0.29, 0.717) is 18.4 Å². The summed E-state index contributed by atoms with van der Waals surface area (Å²) in [5, 5.41) is 10.3. The van der Waals surface area contributed by atoms with Crippen LogP contribution in [-0.4, -0.2) is 48.1 Å². The third-order valence-corrected chi connectivity index (χ3v) is 3.77. The van der Waals surface area contributed by atoms with Crippen LogP contribution in [0.5, 0.6) is 0 Å². The van der Waals surface area contributed by atoms with E-state index in [-0.39, 0.29) is 12.5 Å². The van der Waals surface area contributed by atoms with E-state index >= 15 is 0 Å². The fraction of sp³-hybridized carbons (Fsp3) is 0.688. The molecule has 1 fully saturated rings. The minimum absolute atomic E-state index is 0.0847. The summed E-state index contributed by atoms with van der Waals surface area (Å²) in [5.41, 5.74) is 0.938. The van der Waals surface area contributed by atoms with Crippen LogP contribution in [0.3, 0.4) is 0 Å². The minimum Gasteiger partial charge on any atom is -0.359 e. The first-order valence-corrected chi connectivity index (χ1v) is 8.35. The first-order valence-electron chi connectivity index (χ1n) is 8.35. The number of hydrogen-bond donors (Lipinski definition) is 2. The van der Waals surface area contributed by atoms with Crippen molar-refractivity contribution in [2.75, 3.05) is 26.2 Å². The number of aliphatic imine (C=N–C) groups is 1. The Hall–Kier alpha value is -2.05. The molecular weight excluding hydrogens is 294 g/mol. The van der Waals surface area contributed by atoms with Gasteiger partial charge in [0.05, 0.1) is 12.2 Å². The molecule has 1 aromatic heterocycles. The van der Waals surface area contributed by atoms with E-state index in [4.69, 9.17) is 4.52 Å². The summed E-state index contributed by atoms with van der Waals surface area (Å²) in [6.45, 7) is 9.24. The predicted octanol–water partition coefficient (Wildman–Crippen LogP) is 1.48. The van der Waals surface area contributed by atoms with Crippen LogP contribution >= 0.6 is 0 Å². The van der Waals surface area contributed by atoms with Crippen molar-refractivity contribution < 1.29 is 9.32 Å². The normalized spacial score (nSPS) is 15.3. The van der Waals surface area contributed by atoms with Crippen LogP contribution in [0, 0.1) is 0 Å². The van der Waals surface area contributed by atoms with E-state index in [2.05, 4.69) is 34.6 Å². The monoisotopic (exact) mass is 321 g/mol. The van der Waals surface area contributed by atoms with Crippen molar-refractivity contribution in [2.45, 2.75) is 46.1 Å². The lowest BCUT2D eigenvalue weighted by Gasteiger charge is -2.14. The fourth-order valence-corrected chi connectivity index (χ4v) is 2.41. The Balaban J connectivity index is 1.86. The molecule has 1 aromatic rings. The molecule has 0 atom stereocenters. The maximum Gasteiger partial charge on any atom is 0.244 e. The number of likely N-dealkylation sites (tertiary alicyclic amines) is 1. The molecule has 0 unspecified atom stereocenters. The molecule has 1 saturated heterocycles. The van der Waals surface area contributed by atoms with Gasteiger partial charge in [0, 0.05) is 25.7 Å². The molecule has 0 spiro atoms. The van der Waals surface area contributed by atoms with Crippen LogP contribution in [0.25, 0.3) is 0 Å². The van der Waals surface area contributed by atoms with Crippen LogP contribution in [0.4, 0.5) is 0 Å². The highest BCUT2D eigenvalue weighted by Gasteiger charge is 2.17. The zero-order valence-electron chi connectivity index (χ0n) is 14.3. The molecule has 23 heavy (non-hydrogen) atoms. The topological polar surface area (TPSA) is 82.8 Å². The number of carbonyl (C=O) groups excluding carboxylic acids is 1. The van der Waals surface area contributed by atoms with E-state index in [0.717, 1.165) is 43.9 Å². The zero-order chi connectivity index (χ0) is 16.7. The number of carbonyl (C=O) groups is 1. The summed E-state index contributed by atoms with van der Waals surface area (Å²) in [4.78, 5) is 18.3. The van der Waals surface area contributed by atoms with E-state index < -0.39 is 0 Å². The maximum absolute atomic E-state index is 12.0. The number of nitrogens with zero attached hydrogens (tertiary/aromatic N) is 3. The van der Waals surface area contributed by atoms with Crippen LogP contribution in [0.2, 0.25) is 0 Å². The highest BCUT2D eigenvalue weighted by Crippen LogP contribution is 2.13. The van der Waals surface area contributed by atoms with E-state index in [9.17, 15) is 4.79 Å². The van der Waals surface area contributed by atoms with Gasteiger partial charge in [-0.25, -0.2) is 4.99 Å². The average molecular weight is 321 g/mol. The summed E-state index contributed by atoms with van der Waals surface area (Å²) in [6, 6.07) is 1.94. The van der Waals surface area contributed by atoms with Crippen molar-refractivity contribution in [3.8, 4) is 0 Å². The smallest absolute Gasteiger partial charge is 0.244 e. The van der Waals surface area contributed by atoms with Crippen LogP contribution in [-0.2, 0) is 11.3 Å². The largest absolute Gasteiger partial charge is 0.359 e. The molecule has 0 radical (unpaired) electrons. The van der Waals surface area contributed by atoms with Crippen LogP contribution in [0.15, 0.2) is 15.6 Å². The summed E-state index contributed by atoms with van der Waals surface area (Å²) in [7, 11) is 0. The van der Waals surface area contributed by atoms with Gasteiger partial charge in [0.25, 0.3) is 0 Å². The SMILES string of the molecule is CCNC(=NCC(=O)N1CCCC1)NCc1cc(C(C)C)no1. The van der Waals surface area contributed by atoms with Crippen molar-refractivity contribution in [1.82, 2.24) is 20.7 Å². The van der Waals surface area contributed by atoms with Crippen molar-refractivity contribution in [1.29, 1.82) is 0 Å². The Bertz CT molecular complexity index is 532. The van der Waals surface area contributed by atoms with Crippen LogP contribution < -0.4 is 10.6 Å². The fourth-order valence-electron chi connectivity index (χ4n) is 2.41. The van der Waals surface area contributed by atoms with Gasteiger partial charge < -0.3 is 20.1 Å². The molecule has 7 nitrogen and oxygen atoms in total. The van der Waals surface area contributed by atoms with Crippen molar-refractivity contribution in [2.24, 2.45) is 4.99 Å². The van der Waals surface area contributed by atoms with E-state index in [1.807, 2.05) is 17.9 Å². The molecule has 0 aromatic carbocycles. The molecule has 2 rings (SSSR count). The van der Waals surface area contributed by atoms with E-state index in [1.165, 1.54) is 0 Å². The zero-order valence-corrected chi connectivity index (χ0v) is 14.3. The molecule has 0 bridgehead atoms. The molecule has 2 N–H and O–H groups in total. The molecular formula is C16H27N5O2. The van der Waals surface area contributed by atoms with Gasteiger partial charge in [0.2, 0.25) is 5.91 Å². The number of guanidine groups is 1. The van der Waals surface area contributed by atoms with Crippen molar-refractivity contribution in [3.05, 3.63) is 17.5 Å². The van der Waals surface area contributed by atoms with Crippen LogP contribution in [0.1, 0.15) is 51.0 Å². The van der Waals surface area contributed by atoms with Gasteiger partial charge in [-0.3, -0.25) is 4.79 Å². The Morgan fingerprint density at radius 1 is 1.39 bits per heavy atom. The Morgan fingerprint density at radius 3 is 2.74 bits per heavy atom. The lowest BCUT2D eigenvalue weighted by Crippen LogP contribution is -2.38. The molecule has 0 saturated carbocycles. The standard InChI is InChI=1S/C16H27N5O2/c1-4-17-16(19-11-15(22)21-7-5-6-8-21)18-10-13-9-14(12(2)3)20-23-13/h9,12H,4-8,10-11H2,1-3H3,(H2,17,18,19). The molecule has 128 valence electrons. The molecule has 0 aliphatic carbocycles. The van der Waals surface area contributed by atoms with Gasteiger partial charge in [-0.1, -0.05) is 19.0 Å². The van der Waals surface area contributed by atoms with Gasteiger partial charge in [-0.2, -0.15) is 0 Å². The number of nitrogens with one attached hydrogen (secondary N) is 2. The highest BCUT2D eigenvalue weighted by atomic mass is 16.5. The molecule has 7 heteroatoms. The quantitative estimate of drug-likeness (QED) is 0.612. The van der Waals surface area contributed by atoms with Gasteiger partial charge in [-0.05, 0) is 25.7 Å². The van der Waals surface area contributed by atoms with Gasteiger partial charge in [0.1, 0.15) is 6.54 Å². The van der Waals surface area contributed by atoms with Gasteiger partial charge >= 0.3 is 0 Å². The lowest BCUT2D eigenvalue weighted by atomic mass is 10.1. The Morgan fingerprint density at radius 2 is 2.13 bits per heavy atom. The summed E-state index contributed by atoms with van der Waals surface area (Å²) < 4.78 is 5.29. The minimum atomic E-state index is 0.0847. The average Bonchev–Trinajstić information content (AvgIpc) is 3.20. The first kappa shape index (κ1) is 17.3. The second kappa shape index (κ2) is 8.55. The summed E-state index contributed by atoms with van der Waals surface area (Å²) in [6.07, 6.45) is 2.19. The van der Waals surface area contributed by atoms with E-state index in [1.54, 1.807) is 0 Å². The molecule has 1 aliphatic rings. The Labute approximate surface area is 137 Å². The van der Waals surface area contributed by atoms with Gasteiger partial charge in [0.15, 0.2) is 11.7 Å². The number of aromatic nitrogens is 1. The lowest BCUT2D eigenvalue weighted by molar-refractivity contribution is -0.128. The number of hydrogen-bond acceptors (Lipinski definition) is 4. The number of rotatable bonds is 6. The number of amides is 1. The predicted molar refractivity (Wildman–Crippen MR) is 89.2 cm³/mol. The summed E-state index contributed by atoms with van der Waals surface area (Å²) in [5.74, 6) is 1.79. The molecule has 1 aliphatic heterocycles. The van der Waals surface area contributed by atoms with Crippen molar-refractivity contribution in [3.63, 3.8) is 0 Å². The first-order chi connectivity index (χ1) is 11.1. The molecule has 2 heterocycles. The highest BCUT2D eigenvalue weighted by molar-refractivity contribution is 5.85. The third-order valence-electron chi connectivity index (χ3n) is 3.77. The third kappa shape index (κ3) is 5.26. The second-order valence-corrected chi connectivity index (χ2v) is 6.01. The van der Waals surface area contributed by atoms with Gasteiger partial charge in [-0.15, -0.1) is 0 Å². The molecule has 1 amide bonds. The summed E-state index contributed by atoms with van der Waals surface area (Å²) >= 11 is 0. The van der Waals surface area contributed by atoms with Crippen molar-refractivity contribution >= 4 is 11.9 Å². The second-order valence-electron chi connectivity index (χ2n) is 6.01. The Kier molecular flexibility index (Phi) is 6.43. The maximum atomic E-state index is 12.0.